The van der Waals surface area contributed by atoms with Crippen molar-refractivity contribution < 1.29 is 18.0 Å². The fraction of sp³-hybridized carbons (Fsp3) is 0.200. The number of carbonyl (C=O) groups excluding carboxylic acids is 2. The molecule has 8 nitrogen and oxygen atoms in total. The highest BCUT2D eigenvalue weighted by Gasteiger charge is 2.30. The minimum absolute atomic E-state index is 0.000455. The SMILES string of the molecule is Cc1cccc(CSc2nnc(NS(=O)(=O)c3ccc(N4C(=O)CCC4=O)cc3)s2)c1. The molecule has 0 radical (unpaired) electrons. The second-order valence-electron chi connectivity index (χ2n) is 6.87. The molecule has 2 amide bonds. The zero-order valence-electron chi connectivity index (χ0n) is 16.4. The molecule has 0 bridgehead atoms. The molecule has 3 aromatic rings. The van der Waals surface area contributed by atoms with E-state index < -0.39 is 10.0 Å². The van der Waals surface area contributed by atoms with Crippen molar-refractivity contribution in [3.05, 3.63) is 59.7 Å². The van der Waals surface area contributed by atoms with Crippen LogP contribution >= 0.6 is 23.1 Å². The van der Waals surface area contributed by atoms with Crippen LogP contribution in [-0.4, -0.2) is 30.4 Å². The predicted molar refractivity (Wildman–Crippen MR) is 120 cm³/mol. The van der Waals surface area contributed by atoms with Crippen molar-refractivity contribution >= 4 is 55.8 Å². The monoisotopic (exact) mass is 474 g/mol. The van der Waals surface area contributed by atoms with E-state index in [9.17, 15) is 18.0 Å². The van der Waals surface area contributed by atoms with Crippen LogP contribution in [0.3, 0.4) is 0 Å². The summed E-state index contributed by atoms with van der Waals surface area (Å²) in [6.07, 6.45) is 0.337. The van der Waals surface area contributed by atoms with Crippen molar-refractivity contribution in [1.82, 2.24) is 10.2 Å². The molecule has 160 valence electrons. The van der Waals surface area contributed by atoms with Crippen molar-refractivity contribution in [1.29, 1.82) is 0 Å². The maximum absolute atomic E-state index is 12.7. The number of anilines is 2. The van der Waals surface area contributed by atoms with Crippen LogP contribution in [0.4, 0.5) is 10.8 Å². The van der Waals surface area contributed by atoms with Gasteiger partial charge in [-0.05, 0) is 36.8 Å². The van der Waals surface area contributed by atoms with Crippen molar-refractivity contribution in [3.63, 3.8) is 0 Å². The Kier molecular flexibility index (Phi) is 6.08. The molecule has 1 aliphatic rings. The van der Waals surface area contributed by atoms with E-state index in [1.165, 1.54) is 41.6 Å². The highest BCUT2D eigenvalue weighted by Crippen LogP contribution is 2.30. The van der Waals surface area contributed by atoms with Crippen molar-refractivity contribution in [2.24, 2.45) is 0 Å². The van der Waals surface area contributed by atoms with Crippen molar-refractivity contribution in [2.45, 2.75) is 34.8 Å². The van der Waals surface area contributed by atoms with Gasteiger partial charge in [0, 0.05) is 18.6 Å². The first-order chi connectivity index (χ1) is 14.8. The van der Waals surface area contributed by atoms with Gasteiger partial charge >= 0.3 is 0 Å². The Balaban J connectivity index is 1.42. The van der Waals surface area contributed by atoms with Crippen LogP contribution < -0.4 is 9.62 Å². The van der Waals surface area contributed by atoms with Crippen LogP contribution in [0.25, 0.3) is 0 Å². The summed E-state index contributed by atoms with van der Waals surface area (Å²) in [6, 6.07) is 13.7. The molecule has 1 saturated heterocycles. The summed E-state index contributed by atoms with van der Waals surface area (Å²) in [5.74, 6) is 0.130. The van der Waals surface area contributed by atoms with Crippen LogP contribution in [0.15, 0.2) is 57.8 Å². The van der Waals surface area contributed by atoms with Gasteiger partial charge < -0.3 is 0 Å². The summed E-state index contributed by atoms with van der Waals surface area (Å²) < 4.78 is 28.4. The topological polar surface area (TPSA) is 109 Å². The lowest BCUT2D eigenvalue weighted by atomic mass is 10.2. The summed E-state index contributed by atoms with van der Waals surface area (Å²) in [5.41, 5.74) is 2.68. The Labute approximate surface area is 187 Å². The number of aryl methyl sites for hydroxylation is 1. The largest absolute Gasteiger partial charge is 0.274 e. The number of sulfonamides is 1. The first-order valence-corrected chi connectivity index (χ1v) is 12.6. The molecule has 2 heterocycles. The molecule has 0 unspecified atom stereocenters. The maximum atomic E-state index is 12.7. The molecule has 11 heteroatoms. The Morgan fingerprint density at radius 3 is 2.45 bits per heavy atom. The molecule has 0 atom stereocenters. The number of hydrogen-bond donors (Lipinski definition) is 1. The number of thioether (sulfide) groups is 1. The van der Waals surface area contributed by atoms with E-state index in [2.05, 4.69) is 21.0 Å². The molecule has 1 aromatic heterocycles. The standard InChI is InChI=1S/C20H18N4O4S3/c1-13-3-2-4-14(11-13)12-29-20-22-21-19(30-20)23-31(27,28)16-7-5-15(6-8-16)24-17(25)9-10-18(24)26/h2-8,11H,9-10,12H2,1H3,(H,21,23). The lowest BCUT2D eigenvalue weighted by molar-refractivity contribution is -0.121. The van der Waals surface area contributed by atoms with Crippen LogP contribution in [0.5, 0.6) is 0 Å². The van der Waals surface area contributed by atoms with E-state index in [0.29, 0.717) is 15.8 Å². The number of rotatable bonds is 7. The summed E-state index contributed by atoms with van der Waals surface area (Å²) >= 11 is 2.64. The summed E-state index contributed by atoms with van der Waals surface area (Å²) in [5, 5.41) is 8.12. The van der Waals surface area contributed by atoms with Gasteiger partial charge in [-0.2, -0.15) is 0 Å². The van der Waals surface area contributed by atoms with Gasteiger partial charge in [-0.3, -0.25) is 19.2 Å². The number of imide groups is 1. The number of nitrogens with one attached hydrogen (secondary N) is 1. The summed E-state index contributed by atoms with van der Waals surface area (Å²) in [6.45, 7) is 2.03. The van der Waals surface area contributed by atoms with E-state index in [1.807, 2.05) is 25.1 Å². The van der Waals surface area contributed by atoms with Gasteiger partial charge in [-0.15, -0.1) is 10.2 Å². The number of amides is 2. The highest BCUT2D eigenvalue weighted by molar-refractivity contribution is 8.00. The molecule has 1 N–H and O–H groups in total. The van der Waals surface area contributed by atoms with Gasteiger partial charge in [0.2, 0.25) is 16.9 Å². The van der Waals surface area contributed by atoms with Gasteiger partial charge in [0.25, 0.3) is 10.0 Å². The zero-order chi connectivity index (χ0) is 22.0. The van der Waals surface area contributed by atoms with E-state index in [4.69, 9.17) is 0 Å². The van der Waals surface area contributed by atoms with Gasteiger partial charge in [-0.1, -0.05) is 52.9 Å². The van der Waals surface area contributed by atoms with Crippen LogP contribution in [0, 0.1) is 6.92 Å². The molecule has 0 aliphatic carbocycles. The van der Waals surface area contributed by atoms with E-state index >= 15 is 0 Å². The normalized spacial score (nSPS) is 14.3. The molecule has 0 spiro atoms. The van der Waals surface area contributed by atoms with Gasteiger partial charge in [0.1, 0.15) is 0 Å². The fourth-order valence-electron chi connectivity index (χ4n) is 3.07. The third-order valence-electron chi connectivity index (χ3n) is 4.53. The van der Waals surface area contributed by atoms with Gasteiger partial charge in [0.15, 0.2) is 4.34 Å². The summed E-state index contributed by atoms with van der Waals surface area (Å²) in [7, 11) is -3.88. The lowest BCUT2D eigenvalue weighted by Gasteiger charge is -2.14. The van der Waals surface area contributed by atoms with Gasteiger partial charge in [-0.25, -0.2) is 8.42 Å². The minimum atomic E-state index is -3.88. The smallest absolute Gasteiger partial charge is 0.263 e. The molecular weight excluding hydrogens is 456 g/mol. The Morgan fingerprint density at radius 2 is 1.77 bits per heavy atom. The fourth-order valence-corrected chi connectivity index (χ4v) is 5.99. The van der Waals surface area contributed by atoms with Gasteiger partial charge in [0.05, 0.1) is 10.6 Å². The third-order valence-corrected chi connectivity index (χ3v) is 8.06. The van der Waals surface area contributed by atoms with Crippen LogP contribution in [-0.2, 0) is 25.4 Å². The Bertz CT molecular complexity index is 1220. The second-order valence-corrected chi connectivity index (χ2v) is 10.8. The number of benzene rings is 2. The number of aromatic nitrogens is 2. The highest BCUT2D eigenvalue weighted by atomic mass is 32.2. The Morgan fingerprint density at radius 1 is 1.06 bits per heavy atom. The Hall–Kier alpha value is -2.76. The first-order valence-electron chi connectivity index (χ1n) is 9.32. The molecule has 0 saturated carbocycles. The molecule has 1 aliphatic heterocycles. The molecule has 4 rings (SSSR count). The van der Waals surface area contributed by atoms with Crippen molar-refractivity contribution in [2.75, 3.05) is 9.62 Å². The van der Waals surface area contributed by atoms with E-state index in [0.717, 1.165) is 21.8 Å². The van der Waals surface area contributed by atoms with Crippen molar-refractivity contribution in [3.8, 4) is 0 Å². The minimum Gasteiger partial charge on any atom is -0.274 e. The second kappa shape index (κ2) is 8.77. The lowest BCUT2D eigenvalue weighted by Crippen LogP contribution is -2.28. The van der Waals surface area contributed by atoms with Crippen LogP contribution in [0.2, 0.25) is 0 Å². The van der Waals surface area contributed by atoms with E-state index in [-0.39, 0.29) is 34.7 Å². The molecular formula is C20H18N4O4S3. The quantitative estimate of drug-likeness (QED) is 0.412. The zero-order valence-corrected chi connectivity index (χ0v) is 18.9. The van der Waals surface area contributed by atoms with E-state index in [1.54, 1.807) is 0 Å². The number of nitrogens with zero attached hydrogens (tertiary/aromatic N) is 3. The number of carbonyl (C=O) groups is 2. The average Bonchev–Trinajstić information content (AvgIpc) is 3.32. The average molecular weight is 475 g/mol. The first kappa shape index (κ1) is 21.5. The summed E-state index contributed by atoms with van der Waals surface area (Å²) in [4.78, 5) is 24.7. The molecule has 31 heavy (non-hydrogen) atoms. The third kappa shape index (κ3) is 4.94. The van der Waals surface area contributed by atoms with Crippen LogP contribution in [0.1, 0.15) is 24.0 Å². The molecule has 1 fully saturated rings. The predicted octanol–water partition coefficient (Wildman–Crippen LogP) is 3.59. The number of hydrogen-bond acceptors (Lipinski definition) is 8. The maximum Gasteiger partial charge on any atom is 0.263 e. The molecule has 2 aromatic carbocycles.